The van der Waals surface area contributed by atoms with Gasteiger partial charge < -0.3 is 15.2 Å². The molecule has 1 amide bonds. The molecule has 0 aromatic rings. The Labute approximate surface area is 87.8 Å². The van der Waals surface area contributed by atoms with Crippen molar-refractivity contribution in [3.05, 3.63) is 0 Å². The number of hydrogen-bond acceptors (Lipinski definition) is 4. The first-order valence-electron chi connectivity index (χ1n) is 5.12. The quantitative estimate of drug-likeness (QED) is 0.602. The lowest BCUT2D eigenvalue weighted by molar-refractivity contribution is -0.206. The second-order valence-electron chi connectivity index (χ2n) is 4.66. The molecule has 5 heteroatoms. The third-order valence-electron chi connectivity index (χ3n) is 3.32. The van der Waals surface area contributed by atoms with E-state index in [4.69, 9.17) is 4.74 Å². The second kappa shape index (κ2) is 2.95. The SMILES string of the molecule is CC(C)C(O)C12NC(=O)C(C)C1OC2=O. The maximum atomic E-state index is 11.5. The number of aliphatic hydroxyl groups excluding tert-OH is 1. The van der Waals surface area contributed by atoms with Crippen LogP contribution >= 0.6 is 0 Å². The maximum absolute atomic E-state index is 11.5. The highest BCUT2D eigenvalue weighted by atomic mass is 16.6. The Morgan fingerprint density at radius 2 is 2.07 bits per heavy atom. The number of aliphatic hydroxyl groups is 1. The van der Waals surface area contributed by atoms with Crippen molar-refractivity contribution in [2.75, 3.05) is 0 Å². The largest absolute Gasteiger partial charge is 0.456 e. The summed E-state index contributed by atoms with van der Waals surface area (Å²) in [6, 6.07) is 0. The van der Waals surface area contributed by atoms with E-state index in [1.165, 1.54) is 0 Å². The highest BCUT2D eigenvalue weighted by molar-refractivity contribution is 5.99. The van der Waals surface area contributed by atoms with Crippen molar-refractivity contribution in [2.45, 2.75) is 38.5 Å². The van der Waals surface area contributed by atoms with E-state index in [2.05, 4.69) is 5.32 Å². The summed E-state index contributed by atoms with van der Waals surface area (Å²) in [5, 5.41) is 12.6. The highest BCUT2D eigenvalue weighted by Gasteiger charge is 2.70. The van der Waals surface area contributed by atoms with E-state index in [0.29, 0.717) is 0 Å². The Kier molecular flexibility index (Phi) is 2.05. The fourth-order valence-corrected chi connectivity index (χ4v) is 2.33. The second-order valence-corrected chi connectivity index (χ2v) is 4.66. The van der Waals surface area contributed by atoms with Gasteiger partial charge in [0.15, 0.2) is 0 Å². The number of nitrogens with one attached hydrogen (secondary N) is 1. The Balaban J connectivity index is 2.33. The van der Waals surface area contributed by atoms with Crippen LogP contribution in [0.3, 0.4) is 0 Å². The monoisotopic (exact) mass is 213 g/mol. The summed E-state index contributed by atoms with van der Waals surface area (Å²) in [5.74, 6) is -1.24. The Bertz CT molecular complexity index is 327. The maximum Gasteiger partial charge on any atom is 0.338 e. The minimum atomic E-state index is -1.19. The molecule has 2 aliphatic heterocycles. The number of fused-ring (bicyclic) bond motifs is 1. The van der Waals surface area contributed by atoms with Crippen LogP contribution in [-0.2, 0) is 14.3 Å². The first-order valence-corrected chi connectivity index (χ1v) is 5.12. The van der Waals surface area contributed by atoms with Crippen molar-refractivity contribution in [1.29, 1.82) is 0 Å². The third-order valence-corrected chi connectivity index (χ3v) is 3.32. The topological polar surface area (TPSA) is 75.6 Å². The third kappa shape index (κ3) is 1.07. The minimum Gasteiger partial charge on any atom is -0.456 e. The van der Waals surface area contributed by atoms with E-state index in [1.807, 2.05) is 0 Å². The average molecular weight is 213 g/mol. The first kappa shape index (κ1) is 10.4. The first-order chi connectivity index (χ1) is 6.91. The van der Waals surface area contributed by atoms with Crippen molar-refractivity contribution >= 4 is 11.9 Å². The highest BCUT2D eigenvalue weighted by Crippen LogP contribution is 2.42. The summed E-state index contributed by atoms with van der Waals surface area (Å²) in [6.45, 7) is 5.30. The summed E-state index contributed by atoms with van der Waals surface area (Å²) in [6.07, 6.45) is -1.41. The molecule has 84 valence electrons. The lowest BCUT2D eigenvalue weighted by Crippen LogP contribution is -2.73. The number of esters is 1. The summed E-state index contributed by atoms with van der Waals surface area (Å²) < 4.78 is 4.94. The number of amides is 1. The van der Waals surface area contributed by atoms with Crippen LogP contribution in [0.4, 0.5) is 0 Å². The number of carbonyl (C=O) groups is 2. The summed E-state index contributed by atoms with van der Waals surface area (Å²) >= 11 is 0. The van der Waals surface area contributed by atoms with Gasteiger partial charge in [-0.1, -0.05) is 13.8 Å². The van der Waals surface area contributed by atoms with Gasteiger partial charge in [-0.25, -0.2) is 4.79 Å². The van der Waals surface area contributed by atoms with Gasteiger partial charge in [0, 0.05) is 0 Å². The minimum absolute atomic E-state index is 0.106. The lowest BCUT2D eigenvalue weighted by Gasteiger charge is -2.46. The Hall–Kier alpha value is -1.10. The standard InChI is InChI=1S/C10H15NO4/c1-4(2)6(12)10-7(15-9(10)14)5(3)8(13)11-10/h4-7,12H,1-3H3,(H,11,13). The average Bonchev–Trinajstić information content (AvgIpc) is 2.37. The van der Waals surface area contributed by atoms with Gasteiger partial charge in [-0.2, -0.15) is 0 Å². The van der Waals surface area contributed by atoms with E-state index in [-0.39, 0.29) is 17.7 Å². The molecule has 0 aromatic heterocycles. The van der Waals surface area contributed by atoms with Gasteiger partial charge >= 0.3 is 5.97 Å². The molecular formula is C10H15NO4. The van der Waals surface area contributed by atoms with Crippen LogP contribution in [0, 0.1) is 11.8 Å². The molecule has 0 aromatic carbocycles. The summed E-state index contributed by atoms with van der Waals surface area (Å²) in [4.78, 5) is 22.9. The van der Waals surface area contributed by atoms with Crippen LogP contribution in [0.15, 0.2) is 0 Å². The number of carbonyl (C=O) groups excluding carboxylic acids is 2. The normalized spacial score (nSPS) is 40.6. The van der Waals surface area contributed by atoms with E-state index < -0.39 is 23.7 Å². The van der Waals surface area contributed by atoms with Crippen LogP contribution < -0.4 is 5.32 Å². The predicted octanol–water partition coefficient (Wildman–Crippen LogP) is -0.567. The number of hydrogen-bond donors (Lipinski definition) is 2. The molecule has 0 spiro atoms. The zero-order valence-electron chi connectivity index (χ0n) is 8.98. The molecule has 4 atom stereocenters. The van der Waals surface area contributed by atoms with Crippen LogP contribution in [0.1, 0.15) is 20.8 Å². The molecule has 4 unspecified atom stereocenters. The van der Waals surface area contributed by atoms with Crippen LogP contribution in [0.5, 0.6) is 0 Å². The smallest absolute Gasteiger partial charge is 0.338 e. The van der Waals surface area contributed by atoms with Gasteiger partial charge in [-0.3, -0.25) is 4.79 Å². The summed E-state index contributed by atoms with van der Waals surface area (Å²) in [7, 11) is 0. The van der Waals surface area contributed by atoms with Gasteiger partial charge in [0.1, 0.15) is 6.10 Å². The fraction of sp³-hybridized carbons (Fsp3) is 0.800. The van der Waals surface area contributed by atoms with Gasteiger partial charge in [-0.05, 0) is 12.8 Å². The van der Waals surface area contributed by atoms with E-state index in [1.54, 1.807) is 20.8 Å². The molecule has 2 N–H and O–H groups in total. The van der Waals surface area contributed by atoms with E-state index in [9.17, 15) is 14.7 Å². The molecule has 2 aliphatic rings. The van der Waals surface area contributed by atoms with Crippen molar-refractivity contribution in [3.8, 4) is 0 Å². The van der Waals surface area contributed by atoms with Gasteiger partial charge in [0.25, 0.3) is 0 Å². The Morgan fingerprint density at radius 1 is 1.47 bits per heavy atom. The predicted molar refractivity (Wildman–Crippen MR) is 50.8 cm³/mol. The molecule has 5 nitrogen and oxygen atoms in total. The molecule has 0 aliphatic carbocycles. The number of ether oxygens (including phenoxy) is 1. The van der Waals surface area contributed by atoms with Crippen LogP contribution in [-0.4, -0.2) is 34.7 Å². The van der Waals surface area contributed by atoms with Crippen molar-refractivity contribution in [3.63, 3.8) is 0 Å². The molecule has 2 saturated heterocycles. The zero-order chi connectivity index (χ0) is 11.4. The van der Waals surface area contributed by atoms with E-state index in [0.717, 1.165) is 0 Å². The molecule has 2 fully saturated rings. The Morgan fingerprint density at radius 3 is 2.47 bits per heavy atom. The molecule has 2 heterocycles. The molecule has 0 bridgehead atoms. The van der Waals surface area contributed by atoms with Gasteiger partial charge in [0.2, 0.25) is 11.4 Å². The van der Waals surface area contributed by atoms with Gasteiger partial charge in [-0.15, -0.1) is 0 Å². The molecular weight excluding hydrogens is 198 g/mol. The lowest BCUT2D eigenvalue weighted by atomic mass is 9.76. The fourth-order valence-electron chi connectivity index (χ4n) is 2.33. The van der Waals surface area contributed by atoms with Crippen LogP contribution in [0.25, 0.3) is 0 Å². The van der Waals surface area contributed by atoms with Crippen LogP contribution in [0.2, 0.25) is 0 Å². The van der Waals surface area contributed by atoms with Crippen molar-refractivity contribution in [1.82, 2.24) is 5.32 Å². The number of rotatable bonds is 2. The molecule has 15 heavy (non-hydrogen) atoms. The molecule has 2 rings (SSSR count). The van der Waals surface area contributed by atoms with Crippen molar-refractivity contribution in [2.24, 2.45) is 11.8 Å². The van der Waals surface area contributed by atoms with Gasteiger partial charge in [0.05, 0.1) is 12.0 Å². The zero-order valence-corrected chi connectivity index (χ0v) is 8.98. The van der Waals surface area contributed by atoms with E-state index >= 15 is 0 Å². The molecule has 0 saturated carbocycles. The van der Waals surface area contributed by atoms with Crippen molar-refractivity contribution < 1.29 is 19.4 Å². The summed E-state index contributed by atoms with van der Waals surface area (Å²) in [5.41, 5.74) is -1.19. The molecule has 0 radical (unpaired) electrons.